The van der Waals surface area contributed by atoms with Crippen LogP contribution in [0, 0.1) is 0 Å². The van der Waals surface area contributed by atoms with Gasteiger partial charge in [0.2, 0.25) is 0 Å². The summed E-state index contributed by atoms with van der Waals surface area (Å²) in [4.78, 5) is 16.7. The van der Waals surface area contributed by atoms with Crippen molar-refractivity contribution < 1.29 is 14.0 Å². The molecular weight excluding hydrogens is 322 g/mol. The second-order valence-electron chi connectivity index (χ2n) is 6.12. The monoisotopic (exact) mass is 341 g/mol. The smallest absolute Gasteiger partial charge is 0.269 e. The first kappa shape index (κ1) is 15.7. The predicted molar refractivity (Wildman–Crippen MR) is 91.4 cm³/mol. The lowest BCUT2D eigenvalue weighted by Gasteiger charge is -2.13. The van der Waals surface area contributed by atoms with Crippen LogP contribution in [0.1, 0.15) is 29.9 Å². The van der Waals surface area contributed by atoms with E-state index in [2.05, 4.69) is 10.1 Å². The number of benzene rings is 1. The molecular formula is C18H19N3O4. The molecule has 2 heterocycles. The maximum absolute atomic E-state index is 12.5. The third-order valence-electron chi connectivity index (χ3n) is 4.69. The summed E-state index contributed by atoms with van der Waals surface area (Å²) in [5.74, 6) is 2.08. The van der Waals surface area contributed by atoms with E-state index in [1.54, 1.807) is 30.9 Å². The van der Waals surface area contributed by atoms with Crippen LogP contribution in [-0.2, 0) is 19.4 Å². The summed E-state index contributed by atoms with van der Waals surface area (Å²) >= 11 is 0. The van der Waals surface area contributed by atoms with Gasteiger partial charge in [0.1, 0.15) is 11.5 Å². The van der Waals surface area contributed by atoms with E-state index in [-0.39, 0.29) is 5.56 Å². The number of methoxy groups -OCH3 is 2. The lowest BCUT2D eigenvalue weighted by atomic mass is 9.96. The number of aromatic nitrogens is 3. The van der Waals surface area contributed by atoms with E-state index < -0.39 is 0 Å². The topological polar surface area (TPSA) is 79.4 Å². The molecule has 0 spiro atoms. The normalized spacial score (nSPS) is 13.7. The fourth-order valence-electron chi connectivity index (χ4n) is 3.38. The van der Waals surface area contributed by atoms with Gasteiger partial charge in [-0.3, -0.25) is 9.36 Å². The number of fused-ring (bicyclic) bond motifs is 2. The van der Waals surface area contributed by atoms with Gasteiger partial charge in [-0.2, -0.15) is 0 Å². The molecule has 0 saturated heterocycles. The lowest BCUT2D eigenvalue weighted by molar-refractivity contribution is 0.355. The molecule has 3 aromatic rings. The van der Waals surface area contributed by atoms with Crippen molar-refractivity contribution in [1.82, 2.24) is 14.7 Å². The molecule has 1 aliphatic rings. The Labute approximate surface area is 144 Å². The van der Waals surface area contributed by atoms with E-state index >= 15 is 0 Å². The predicted octanol–water partition coefficient (Wildman–Crippen LogP) is 2.33. The van der Waals surface area contributed by atoms with Gasteiger partial charge in [-0.25, -0.2) is 4.98 Å². The second-order valence-corrected chi connectivity index (χ2v) is 6.12. The molecule has 0 N–H and O–H groups in total. The Morgan fingerprint density at radius 3 is 2.72 bits per heavy atom. The Morgan fingerprint density at radius 1 is 1.16 bits per heavy atom. The van der Waals surface area contributed by atoms with Crippen LogP contribution in [0.4, 0.5) is 0 Å². The average Bonchev–Trinajstić information content (AvgIpc) is 3.06. The van der Waals surface area contributed by atoms with Crippen LogP contribution in [-0.4, -0.2) is 28.9 Å². The molecule has 0 unspecified atom stereocenters. The average molecular weight is 341 g/mol. The first-order valence-electron chi connectivity index (χ1n) is 8.29. The zero-order chi connectivity index (χ0) is 17.4. The molecule has 0 radical (unpaired) electrons. The van der Waals surface area contributed by atoms with Crippen LogP contribution < -0.4 is 15.0 Å². The van der Waals surface area contributed by atoms with Crippen molar-refractivity contribution in [2.75, 3.05) is 14.2 Å². The number of ether oxygens (including phenoxy) is 2. The highest BCUT2D eigenvalue weighted by atomic mass is 16.5. The van der Waals surface area contributed by atoms with Gasteiger partial charge < -0.3 is 14.0 Å². The summed E-state index contributed by atoms with van der Waals surface area (Å²) in [6, 6.07) is 3.54. The summed E-state index contributed by atoms with van der Waals surface area (Å²) in [5.41, 5.74) is 3.11. The van der Waals surface area contributed by atoms with Crippen LogP contribution in [0.2, 0.25) is 0 Å². The van der Waals surface area contributed by atoms with E-state index in [0.29, 0.717) is 29.1 Å². The van der Waals surface area contributed by atoms with Crippen molar-refractivity contribution >= 4 is 11.0 Å². The van der Waals surface area contributed by atoms with Gasteiger partial charge in [0.05, 0.1) is 38.0 Å². The first-order chi connectivity index (χ1) is 12.2. The Hall–Kier alpha value is -2.83. The Bertz CT molecular complexity index is 990. The molecule has 7 nitrogen and oxygen atoms in total. The molecule has 1 aliphatic carbocycles. The minimum absolute atomic E-state index is 0.188. The molecule has 0 fully saturated rings. The SMILES string of the molecule is COc1cc2ncc(=O)n(Cc3noc4c3CCCC4)c2cc1OC. The van der Waals surface area contributed by atoms with Gasteiger partial charge in [-0.15, -0.1) is 0 Å². The summed E-state index contributed by atoms with van der Waals surface area (Å²) in [6.45, 7) is 0.353. The van der Waals surface area contributed by atoms with Gasteiger partial charge in [0.25, 0.3) is 5.56 Å². The zero-order valence-electron chi connectivity index (χ0n) is 14.2. The molecule has 25 heavy (non-hydrogen) atoms. The summed E-state index contributed by atoms with van der Waals surface area (Å²) in [5, 5.41) is 4.21. The number of rotatable bonds is 4. The van der Waals surface area contributed by atoms with Crippen molar-refractivity contribution in [3.8, 4) is 11.5 Å². The van der Waals surface area contributed by atoms with Crippen molar-refractivity contribution in [3.05, 3.63) is 45.7 Å². The van der Waals surface area contributed by atoms with Gasteiger partial charge in [-0.05, 0) is 19.3 Å². The van der Waals surface area contributed by atoms with E-state index in [9.17, 15) is 4.79 Å². The zero-order valence-corrected chi connectivity index (χ0v) is 14.2. The number of aryl methyl sites for hydroxylation is 1. The first-order valence-corrected chi connectivity index (χ1v) is 8.29. The maximum Gasteiger partial charge on any atom is 0.269 e. The molecule has 0 amide bonds. The second kappa shape index (κ2) is 6.23. The number of hydrogen-bond acceptors (Lipinski definition) is 6. The van der Waals surface area contributed by atoms with Crippen LogP contribution in [0.5, 0.6) is 11.5 Å². The largest absolute Gasteiger partial charge is 0.493 e. The third-order valence-corrected chi connectivity index (χ3v) is 4.69. The van der Waals surface area contributed by atoms with E-state index in [0.717, 1.165) is 42.7 Å². The molecule has 0 aliphatic heterocycles. The standard InChI is InChI=1S/C18H19N3O4/c1-23-16-7-12-14(8-17(16)24-2)21(18(22)9-19-12)10-13-11-5-3-4-6-15(11)25-20-13/h7-9H,3-6,10H2,1-2H3. The van der Waals surface area contributed by atoms with Crippen molar-refractivity contribution in [2.24, 2.45) is 0 Å². The molecule has 7 heteroatoms. The fraction of sp³-hybridized carbons (Fsp3) is 0.389. The van der Waals surface area contributed by atoms with Crippen molar-refractivity contribution in [2.45, 2.75) is 32.2 Å². The van der Waals surface area contributed by atoms with Crippen LogP contribution in [0.3, 0.4) is 0 Å². The highest BCUT2D eigenvalue weighted by Gasteiger charge is 2.20. The molecule has 0 bridgehead atoms. The molecule has 2 aromatic heterocycles. The van der Waals surface area contributed by atoms with Gasteiger partial charge in [0, 0.05) is 24.1 Å². The fourth-order valence-corrected chi connectivity index (χ4v) is 3.38. The van der Waals surface area contributed by atoms with Crippen LogP contribution >= 0.6 is 0 Å². The lowest BCUT2D eigenvalue weighted by Crippen LogP contribution is -2.22. The quantitative estimate of drug-likeness (QED) is 0.725. The van der Waals surface area contributed by atoms with E-state index in [1.807, 2.05) is 0 Å². The number of hydrogen-bond donors (Lipinski definition) is 0. The van der Waals surface area contributed by atoms with E-state index in [1.165, 1.54) is 6.20 Å². The maximum atomic E-state index is 12.5. The van der Waals surface area contributed by atoms with Crippen molar-refractivity contribution in [1.29, 1.82) is 0 Å². The number of nitrogens with zero attached hydrogens (tertiary/aromatic N) is 3. The minimum atomic E-state index is -0.188. The molecule has 0 atom stereocenters. The Kier molecular flexibility index (Phi) is 3.91. The Morgan fingerprint density at radius 2 is 1.92 bits per heavy atom. The Balaban J connectivity index is 1.85. The summed E-state index contributed by atoms with van der Waals surface area (Å²) in [6.07, 6.45) is 5.43. The minimum Gasteiger partial charge on any atom is -0.493 e. The van der Waals surface area contributed by atoms with E-state index in [4.69, 9.17) is 14.0 Å². The highest BCUT2D eigenvalue weighted by molar-refractivity contribution is 5.79. The van der Waals surface area contributed by atoms with Gasteiger partial charge in [0.15, 0.2) is 11.5 Å². The van der Waals surface area contributed by atoms with Gasteiger partial charge in [-0.1, -0.05) is 5.16 Å². The summed E-state index contributed by atoms with van der Waals surface area (Å²) < 4.78 is 17.8. The highest BCUT2D eigenvalue weighted by Crippen LogP contribution is 2.31. The van der Waals surface area contributed by atoms with Crippen LogP contribution in [0.25, 0.3) is 11.0 Å². The molecule has 1 aromatic carbocycles. The molecule has 130 valence electrons. The molecule has 4 rings (SSSR count). The van der Waals surface area contributed by atoms with Crippen LogP contribution in [0.15, 0.2) is 27.6 Å². The van der Waals surface area contributed by atoms with Crippen molar-refractivity contribution in [3.63, 3.8) is 0 Å². The molecule has 0 saturated carbocycles. The summed E-state index contributed by atoms with van der Waals surface area (Å²) in [7, 11) is 3.14. The van der Waals surface area contributed by atoms with Gasteiger partial charge >= 0.3 is 0 Å². The third kappa shape index (κ3) is 2.65.